The summed E-state index contributed by atoms with van der Waals surface area (Å²) in [6.07, 6.45) is -4.64. The fraction of sp³-hybridized carbons (Fsp3) is 0.143. The largest absolute Gasteiger partial charge is 0.433 e. The van der Waals surface area contributed by atoms with E-state index in [0.717, 1.165) is 6.07 Å². The third-order valence-electron chi connectivity index (χ3n) is 1.39. The van der Waals surface area contributed by atoms with E-state index in [1.54, 1.807) is 0 Å². The molecule has 0 aromatic carbocycles. The fourth-order valence-electron chi connectivity index (χ4n) is 0.823. The van der Waals surface area contributed by atoms with Crippen molar-refractivity contribution < 1.29 is 18.0 Å². The number of alkyl halides is 3. The molecule has 0 spiro atoms. The van der Waals surface area contributed by atoms with Gasteiger partial charge >= 0.3 is 6.18 Å². The molecule has 0 radical (unpaired) electrons. The van der Waals surface area contributed by atoms with Crippen LogP contribution in [0.25, 0.3) is 0 Å². The molecule has 1 heterocycles. The van der Waals surface area contributed by atoms with E-state index in [4.69, 9.17) is 11.5 Å². The molecule has 1 aromatic heterocycles. The van der Waals surface area contributed by atoms with Crippen LogP contribution in [0.3, 0.4) is 0 Å². The van der Waals surface area contributed by atoms with Gasteiger partial charge in [-0.1, -0.05) is 0 Å². The second-order valence-electron chi connectivity index (χ2n) is 2.53. The summed E-state index contributed by atoms with van der Waals surface area (Å²) in [5.74, 6) is -1.05. The van der Waals surface area contributed by atoms with Crippen LogP contribution in [0.4, 0.5) is 18.9 Å². The van der Waals surface area contributed by atoms with Crippen molar-refractivity contribution in [3.63, 3.8) is 0 Å². The minimum Gasteiger partial charge on any atom is -0.399 e. The van der Waals surface area contributed by atoms with Gasteiger partial charge in [0.15, 0.2) is 0 Å². The highest BCUT2D eigenvalue weighted by Gasteiger charge is 2.33. The first kappa shape index (κ1) is 10.3. The van der Waals surface area contributed by atoms with E-state index in [9.17, 15) is 18.0 Å². The summed E-state index contributed by atoms with van der Waals surface area (Å²) < 4.78 is 36.4. The summed E-state index contributed by atoms with van der Waals surface area (Å²) in [7, 11) is 0. The Morgan fingerprint density at radius 3 is 2.36 bits per heavy atom. The van der Waals surface area contributed by atoms with Gasteiger partial charge in [-0.2, -0.15) is 13.2 Å². The molecule has 0 fully saturated rings. The van der Waals surface area contributed by atoms with Crippen LogP contribution in [0.1, 0.15) is 16.2 Å². The van der Waals surface area contributed by atoms with Crippen LogP contribution < -0.4 is 11.5 Å². The number of anilines is 1. The van der Waals surface area contributed by atoms with Crippen LogP contribution in [0.2, 0.25) is 0 Å². The lowest BCUT2D eigenvalue weighted by Gasteiger charge is -2.07. The van der Waals surface area contributed by atoms with E-state index in [0.29, 0.717) is 6.07 Å². The molecular formula is C7H6F3N3O. The molecule has 0 aliphatic rings. The zero-order chi connectivity index (χ0) is 10.9. The lowest BCUT2D eigenvalue weighted by molar-refractivity contribution is -0.141. The van der Waals surface area contributed by atoms with Crippen LogP contribution in [0, 0.1) is 0 Å². The van der Waals surface area contributed by atoms with Crippen LogP contribution in [-0.2, 0) is 6.18 Å². The summed E-state index contributed by atoms with van der Waals surface area (Å²) in [4.78, 5) is 13.6. The second-order valence-corrected chi connectivity index (χ2v) is 2.53. The predicted molar refractivity (Wildman–Crippen MR) is 42.2 cm³/mol. The quantitative estimate of drug-likeness (QED) is 0.710. The molecule has 4 N–H and O–H groups in total. The van der Waals surface area contributed by atoms with Gasteiger partial charge < -0.3 is 11.5 Å². The van der Waals surface area contributed by atoms with Crippen molar-refractivity contribution in [2.75, 3.05) is 5.73 Å². The van der Waals surface area contributed by atoms with E-state index >= 15 is 0 Å². The molecule has 0 aliphatic heterocycles. The number of primary amides is 1. The Hall–Kier alpha value is -1.79. The van der Waals surface area contributed by atoms with Crippen LogP contribution in [0.15, 0.2) is 12.1 Å². The zero-order valence-corrected chi connectivity index (χ0v) is 6.80. The van der Waals surface area contributed by atoms with Gasteiger partial charge in [0.05, 0.1) is 0 Å². The number of nitrogen functional groups attached to an aromatic ring is 1. The summed E-state index contributed by atoms with van der Waals surface area (Å²) >= 11 is 0. The number of amides is 1. The highest BCUT2D eigenvalue weighted by Crippen LogP contribution is 2.28. The molecule has 0 aliphatic carbocycles. The van der Waals surface area contributed by atoms with Gasteiger partial charge in [-0.25, -0.2) is 4.98 Å². The normalized spacial score (nSPS) is 11.4. The maximum absolute atomic E-state index is 12.1. The lowest BCUT2D eigenvalue weighted by atomic mass is 10.2. The molecule has 1 amide bonds. The lowest BCUT2D eigenvalue weighted by Crippen LogP contribution is -2.17. The summed E-state index contributed by atoms with van der Waals surface area (Å²) in [5, 5.41) is 0. The van der Waals surface area contributed by atoms with E-state index in [2.05, 4.69) is 4.98 Å². The van der Waals surface area contributed by atoms with Gasteiger partial charge in [-0.05, 0) is 12.1 Å². The number of hydrogen-bond acceptors (Lipinski definition) is 3. The molecular weight excluding hydrogens is 199 g/mol. The van der Waals surface area contributed by atoms with Gasteiger partial charge in [-0.15, -0.1) is 0 Å². The molecule has 1 aromatic rings. The molecule has 1 rings (SSSR count). The van der Waals surface area contributed by atoms with E-state index in [1.165, 1.54) is 0 Å². The Kier molecular flexibility index (Phi) is 2.33. The molecule has 0 unspecified atom stereocenters. The SMILES string of the molecule is NC(=O)c1cc(N)cc(C(F)(F)F)n1. The van der Waals surface area contributed by atoms with Gasteiger partial charge in [0.2, 0.25) is 0 Å². The van der Waals surface area contributed by atoms with Crippen molar-refractivity contribution in [3.8, 4) is 0 Å². The first-order chi connectivity index (χ1) is 6.30. The molecule has 4 nitrogen and oxygen atoms in total. The number of aromatic nitrogens is 1. The fourth-order valence-corrected chi connectivity index (χ4v) is 0.823. The molecule has 0 saturated heterocycles. The number of halogens is 3. The first-order valence-electron chi connectivity index (χ1n) is 3.45. The zero-order valence-electron chi connectivity index (χ0n) is 6.80. The molecule has 76 valence electrons. The molecule has 14 heavy (non-hydrogen) atoms. The maximum atomic E-state index is 12.1. The third-order valence-corrected chi connectivity index (χ3v) is 1.39. The maximum Gasteiger partial charge on any atom is 0.433 e. The topological polar surface area (TPSA) is 82.0 Å². The van der Waals surface area contributed by atoms with Crippen LogP contribution in [0.5, 0.6) is 0 Å². The van der Waals surface area contributed by atoms with Gasteiger partial charge in [0.1, 0.15) is 11.4 Å². The van der Waals surface area contributed by atoms with Gasteiger partial charge in [0.25, 0.3) is 5.91 Å². The van der Waals surface area contributed by atoms with Crippen LogP contribution in [-0.4, -0.2) is 10.9 Å². The monoisotopic (exact) mass is 205 g/mol. The highest BCUT2D eigenvalue weighted by molar-refractivity contribution is 5.91. The van der Waals surface area contributed by atoms with Crippen molar-refractivity contribution in [3.05, 3.63) is 23.5 Å². The Balaban J connectivity index is 3.28. The number of pyridine rings is 1. The third kappa shape index (κ3) is 2.12. The number of rotatable bonds is 1. The van der Waals surface area contributed by atoms with Crippen molar-refractivity contribution in [2.24, 2.45) is 5.73 Å². The number of carbonyl (C=O) groups is 1. The Bertz CT molecular complexity index is 375. The van der Waals surface area contributed by atoms with Crippen LogP contribution >= 0.6 is 0 Å². The van der Waals surface area contributed by atoms with E-state index in [-0.39, 0.29) is 5.69 Å². The minimum absolute atomic E-state index is 0.207. The first-order valence-corrected chi connectivity index (χ1v) is 3.45. The minimum atomic E-state index is -4.64. The van der Waals surface area contributed by atoms with E-state index < -0.39 is 23.5 Å². The average Bonchev–Trinajstić information content (AvgIpc) is 2.01. The highest BCUT2D eigenvalue weighted by atomic mass is 19.4. The van der Waals surface area contributed by atoms with Crippen molar-refractivity contribution in [1.82, 2.24) is 4.98 Å². The smallest absolute Gasteiger partial charge is 0.399 e. The van der Waals surface area contributed by atoms with E-state index in [1.807, 2.05) is 0 Å². The van der Waals surface area contributed by atoms with Crippen molar-refractivity contribution >= 4 is 11.6 Å². The average molecular weight is 205 g/mol. The predicted octanol–water partition coefficient (Wildman–Crippen LogP) is 0.781. The summed E-state index contributed by atoms with van der Waals surface area (Å²) in [6, 6.07) is 1.62. The van der Waals surface area contributed by atoms with Crippen molar-refractivity contribution in [2.45, 2.75) is 6.18 Å². The standard InChI is InChI=1S/C7H6F3N3O/c8-7(9,10)5-2-3(11)1-4(13-5)6(12)14/h1-2H,(H2,11,13)(H2,12,14). The van der Waals surface area contributed by atoms with Gasteiger partial charge in [0, 0.05) is 5.69 Å². The molecule has 0 saturated carbocycles. The molecule has 0 atom stereocenters. The Labute approximate surface area is 76.7 Å². The number of carbonyl (C=O) groups excluding carboxylic acids is 1. The summed E-state index contributed by atoms with van der Waals surface area (Å²) in [5.41, 5.74) is 7.98. The van der Waals surface area contributed by atoms with Gasteiger partial charge in [-0.3, -0.25) is 4.79 Å². The Morgan fingerprint density at radius 2 is 1.93 bits per heavy atom. The molecule has 7 heteroatoms. The summed E-state index contributed by atoms with van der Waals surface area (Å²) in [6.45, 7) is 0. The Morgan fingerprint density at radius 1 is 1.36 bits per heavy atom. The molecule has 0 bridgehead atoms. The number of nitrogens with zero attached hydrogens (tertiary/aromatic N) is 1. The second kappa shape index (κ2) is 3.17. The van der Waals surface area contributed by atoms with Crippen molar-refractivity contribution in [1.29, 1.82) is 0 Å². The number of hydrogen-bond donors (Lipinski definition) is 2. The number of nitrogens with two attached hydrogens (primary N) is 2.